The van der Waals surface area contributed by atoms with E-state index in [0.29, 0.717) is 52.4 Å². The van der Waals surface area contributed by atoms with Crippen molar-refractivity contribution in [1.82, 2.24) is 14.9 Å². The van der Waals surface area contributed by atoms with Crippen molar-refractivity contribution < 1.29 is 24.4 Å². The lowest BCUT2D eigenvalue weighted by Gasteiger charge is -2.52. The Kier molecular flexibility index (Phi) is 11.6. The third kappa shape index (κ3) is 7.32. The SMILES string of the molecule is CCCCCCCCCCCCCCCCCCN1C(=O)c2ccc3c4ccc5c6c(ccc(c7ccc(c2c37)C1=O)c64)C(=O)N(C1CC(C)(C)N([O])C(C)(C)C1)C5=O. The molecule has 0 aromatic heterocycles. The summed E-state index contributed by atoms with van der Waals surface area (Å²) in [6.45, 7) is 10.2. The van der Waals surface area contributed by atoms with Crippen LogP contribution >= 0.6 is 0 Å². The van der Waals surface area contributed by atoms with Gasteiger partial charge < -0.3 is 0 Å². The molecule has 8 rings (SSSR count). The lowest BCUT2D eigenvalue weighted by molar-refractivity contribution is -0.292. The average Bonchev–Trinajstić information content (AvgIpc) is 3.21. The molecule has 0 aliphatic carbocycles. The number of nitrogens with zero attached hydrogens (tertiary/aromatic N) is 3. The summed E-state index contributed by atoms with van der Waals surface area (Å²) in [7, 11) is 0. The van der Waals surface area contributed by atoms with Crippen LogP contribution in [0.1, 0.15) is 192 Å². The first-order valence-electron chi connectivity index (χ1n) is 22.8. The second-order valence-electron chi connectivity index (χ2n) is 19.2. The quantitative estimate of drug-likeness (QED) is 0.0381. The van der Waals surface area contributed by atoms with Crippen LogP contribution in [0.3, 0.4) is 0 Å². The van der Waals surface area contributed by atoms with E-state index < -0.39 is 17.1 Å². The number of fused-ring (bicyclic) bond motifs is 2. The largest absolute Gasteiger partial charge is 0.274 e. The Balaban J connectivity index is 0.959. The van der Waals surface area contributed by atoms with Crippen LogP contribution in [0.15, 0.2) is 48.5 Å². The highest BCUT2D eigenvalue weighted by Gasteiger charge is 2.51. The minimum atomic E-state index is -0.745. The molecule has 5 aromatic rings. The molecule has 0 atom stereocenters. The highest BCUT2D eigenvalue weighted by Crippen LogP contribution is 2.48. The fourth-order valence-electron chi connectivity index (χ4n) is 11.1. The Morgan fingerprint density at radius 1 is 0.458 bits per heavy atom. The summed E-state index contributed by atoms with van der Waals surface area (Å²) in [6.07, 6.45) is 21.1. The normalized spacial score (nSPS) is 18.2. The molecule has 4 amide bonds. The van der Waals surface area contributed by atoms with Crippen molar-refractivity contribution in [3.05, 3.63) is 70.8 Å². The number of imide groups is 2. The first-order valence-corrected chi connectivity index (χ1v) is 22.8. The van der Waals surface area contributed by atoms with Gasteiger partial charge in [-0.1, -0.05) is 128 Å². The number of hydrogen-bond acceptors (Lipinski definition) is 5. The van der Waals surface area contributed by atoms with Crippen LogP contribution in [-0.4, -0.2) is 62.2 Å². The molecule has 0 saturated carbocycles. The minimum Gasteiger partial charge on any atom is -0.274 e. The van der Waals surface area contributed by atoms with Gasteiger partial charge in [0, 0.05) is 56.7 Å². The molecule has 0 spiro atoms. The molecule has 0 N–H and O–H groups in total. The highest BCUT2D eigenvalue weighted by molar-refractivity contribution is 6.41. The Hall–Kier alpha value is -4.40. The van der Waals surface area contributed by atoms with Gasteiger partial charge in [0.25, 0.3) is 23.6 Å². The van der Waals surface area contributed by atoms with Crippen molar-refractivity contribution in [2.45, 2.75) is 167 Å². The van der Waals surface area contributed by atoms with Gasteiger partial charge in [0.05, 0.1) is 0 Å². The van der Waals surface area contributed by atoms with E-state index in [4.69, 9.17) is 0 Å². The molecular formula is C51H62N3O5. The standard InChI is InChI=1S/C51H62N3O5/c1-6-7-8-9-10-11-12-13-14-15-16-17-18-19-20-21-30-52-46(55)38-26-22-34-36-24-28-40-45-41(29-25-37(43(36)45)35-23-27-39(47(52)56)44(38)42(34)35)49(58)53(48(40)57)33-31-50(2,3)54(59)51(4,5)32-33/h22-29,33H,6-21,30-32H2,1-5H3. The van der Waals surface area contributed by atoms with E-state index in [1.54, 1.807) is 0 Å². The molecule has 1 fully saturated rings. The molecule has 59 heavy (non-hydrogen) atoms. The number of hydroxylamine groups is 2. The third-order valence-corrected chi connectivity index (χ3v) is 13.9. The predicted molar refractivity (Wildman–Crippen MR) is 237 cm³/mol. The molecule has 3 aliphatic heterocycles. The van der Waals surface area contributed by atoms with Crippen LogP contribution < -0.4 is 0 Å². The smallest absolute Gasteiger partial charge is 0.261 e. The van der Waals surface area contributed by atoms with E-state index in [1.165, 1.54) is 93.3 Å². The average molecular weight is 797 g/mol. The van der Waals surface area contributed by atoms with E-state index in [-0.39, 0.29) is 23.6 Å². The summed E-state index contributed by atoms with van der Waals surface area (Å²) >= 11 is 0. The van der Waals surface area contributed by atoms with Crippen LogP contribution in [0.2, 0.25) is 0 Å². The number of amides is 4. The number of carbonyl (C=O) groups excluding carboxylic acids is 4. The van der Waals surface area contributed by atoms with Gasteiger partial charge in [-0.15, -0.1) is 10.3 Å². The number of hydrogen-bond donors (Lipinski definition) is 0. The molecule has 0 bridgehead atoms. The number of carbonyl (C=O) groups is 4. The van der Waals surface area contributed by atoms with Gasteiger partial charge in [0.1, 0.15) is 0 Å². The fraction of sp³-hybridized carbons (Fsp3) is 0.529. The third-order valence-electron chi connectivity index (χ3n) is 13.9. The molecule has 311 valence electrons. The summed E-state index contributed by atoms with van der Waals surface area (Å²) in [5, 5.41) is 20.8. The van der Waals surface area contributed by atoms with Crippen molar-refractivity contribution in [2.24, 2.45) is 0 Å². The molecular weight excluding hydrogens is 735 g/mol. The van der Waals surface area contributed by atoms with Gasteiger partial charge in [-0.05, 0) is 104 Å². The number of benzene rings is 5. The summed E-state index contributed by atoms with van der Waals surface area (Å²) in [6, 6.07) is 14.8. The molecule has 0 unspecified atom stereocenters. The summed E-state index contributed by atoms with van der Waals surface area (Å²) in [4.78, 5) is 59.7. The number of piperidine rings is 1. The maximum atomic E-state index is 14.4. The molecule has 5 aromatic carbocycles. The van der Waals surface area contributed by atoms with Gasteiger partial charge in [-0.25, -0.2) is 0 Å². The maximum absolute atomic E-state index is 14.4. The molecule has 3 aliphatic rings. The maximum Gasteiger partial charge on any atom is 0.261 e. The topological polar surface area (TPSA) is 97.9 Å². The second-order valence-corrected chi connectivity index (χ2v) is 19.2. The van der Waals surface area contributed by atoms with E-state index in [0.717, 1.165) is 56.6 Å². The zero-order chi connectivity index (χ0) is 41.6. The van der Waals surface area contributed by atoms with Gasteiger partial charge in [0.15, 0.2) is 0 Å². The van der Waals surface area contributed by atoms with Crippen molar-refractivity contribution in [1.29, 1.82) is 0 Å². The van der Waals surface area contributed by atoms with Gasteiger partial charge >= 0.3 is 0 Å². The molecule has 1 saturated heterocycles. The fourth-order valence-corrected chi connectivity index (χ4v) is 11.1. The first kappa shape index (κ1) is 41.3. The molecule has 1 radical (unpaired) electrons. The van der Waals surface area contributed by atoms with Crippen LogP contribution in [0.5, 0.6) is 0 Å². The minimum absolute atomic E-state index is 0.242. The van der Waals surface area contributed by atoms with E-state index in [9.17, 15) is 24.4 Å². The van der Waals surface area contributed by atoms with Crippen molar-refractivity contribution >= 4 is 66.7 Å². The van der Waals surface area contributed by atoms with Crippen LogP contribution in [0.25, 0.3) is 43.1 Å². The van der Waals surface area contributed by atoms with Gasteiger partial charge in [0.2, 0.25) is 0 Å². The highest BCUT2D eigenvalue weighted by atomic mass is 16.5. The number of rotatable bonds is 18. The zero-order valence-corrected chi connectivity index (χ0v) is 36.0. The van der Waals surface area contributed by atoms with Gasteiger partial charge in [-0.2, -0.15) is 0 Å². The first-order chi connectivity index (χ1) is 28.4. The summed E-state index contributed by atoms with van der Waals surface area (Å²) in [5.74, 6) is -1.15. The summed E-state index contributed by atoms with van der Waals surface area (Å²) in [5.41, 5.74) is 0.549. The van der Waals surface area contributed by atoms with E-state index in [1.807, 2.05) is 76.2 Å². The molecule has 8 heteroatoms. The predicted octanol–water partition coefficient (Wildman–Crippen LogP) is 12.6. The van der Waals surface area contributed by atoms with Crippen LogP contribution in [0.4, 0.5) is 0 Å². The second kappa shape index (κ2) is 16.6. The van der Waals surface area contributed by atoms with Gasteiger partial charge in [-0.3, -0.25) is 29.0 Å². The Labute approximate surface area is 349 Å². The lowest BCUT2D eigenvalue weighted by atomic mass is 9.77. The van der Waals surface area contributed by atoms with Crippen LogP contribution in [-0.2, 0) is 5.21 Å². The monoisotopic (exact) mass is 796 g/mol. The van der Waals surface area contributed by atoms with Crippen molar-refractivity contribution in [2.75, 3.05) is 6.54 Å². The lowest BCUT2D eigenvalue weighted by Crippen LogP contribution is -2.64. The Bertz CT molecular complexity index is 2290. The van der Waals surface area contributed by atoms with Crippen molar-refractivity contribution in [3.8, 4) is 0 Å². The van der Waals surface area contributed by atoms with Crippen molar-refractivity contribution in [3.63, 3.8) is 0 Å². The van der Waals surface area contributed by atoms with Crippen LogP contribution in [0, 0.1) is 0 Å². The zero-order valence-electron chi connectivity index (χ0n) is 36.0. The number of unbranched alkanes of at least 4 members (excludes halogenated alkanes) is 15. The molecule has 8 nitrogen and oxygen atoms in total. The molecule has 3 heterocycles. The van der Waals surface area contributed by atoms with E-state index in [2.05, 4.69) is 6.92 Å². The summed E-state index contributed by atoms with van der Waals surface area (Å²) < 4.78 is 0. The Morgan fingerprint density at radius 2 is 0.780 bits per heavy atom. The van der Waals surface area contributed by atoms with E-state index >= 15 is 0 Å². The Morgan fingerprint density at radius 3 is 1.14 bits per heavy atom.